The van der Waals surface area contributed by atoms with E-state index in [0.29, 0.717) is 33.3 Å². The van der Waals surface area contributed by atoms with Crippen LogP contribution in [-0.2, 0) is 4.79 Å². The molecule has 150 valence electrons. The Bertz CT molecular complexity index is 970. The fourth-order valence-electron chi connectivity index (χ4n) is 2.57. The first-order valence-corrected chi connectivity index (χ1v) is 9.50. The lowest BCUT2D eigenvalue weighted by molar-refractivity contribution is -0.123. The lowest BCUT2D eigenvalue weighted by Gasteiger charge is -2.15. The van der Waals surface area contributed by atoms with Crippen molar-refractivity contribution < 1.29 is 23.8 Å². The van der Waals surface area contributed by atoms with Crippen molar-refractivity contribution in [3.63, 3.8) is 0 Å². The van der Waals surface area contributed by atoms with E-state index >= 15 is 0 Å². The van der Waals surface area contributed by atoms with Crippen LogP contribution in [0.4, 0.5) is 0 Å². The van der Waals surface area contributed by atoms with Gasteiger partial charge in [0.2, 0.25) is 5.75 Å². The molecule has 0 unspecified atom stereocenters. The highest BCUT2D eigenvalue weighted by atomic mass is 32.2. The minimum atomic E-state index is -0.460. The maximum Gasteiger partial charge on any atom is 0.285 e. The summed E-state index contributed by atoms with van der Waals surface area (Å²) < 4.78 is 16.2. The van der Waals surface area contributed by atoms with Crippen LogP contribution in [0.25, 0.3) is 6.08 Å². The van der Waals surface area contributed by atoms with E-state index in [1.807, 2.05) is 0 Å². The van der Waals surface area contributed by atoms with Crippen LogP contribution < -0.4 is 19.6 Å². The van der Waals surface area contributed by atoms with Gasteiger partial charge in [0.25, 0.3) is 11.8 Å². The number of ether oxygens (including phenoxy) is 3. The number of hydrogen-bond donors (Lipinski definition) is 1. The van der Waals surface area contributed by atoms with E-state index in [0.717, 1.165) is 16.8 Å². The molecule has 0 radical (unpaired) electrons. The van der Waals surface area contributed by atoms with Crippen molar-refractivity contribution in [1.82, 2.24) is 15.4 Å². The molecule has 1 N–H and O–H groups in total. The Hall–Kier alpha value is -3.11. The maximum absolute atomic E-state index is 12.8. The number of pyridine rings is 1. The third-order valence-corrected chi connectivity index (χ3v) is 5.24. The second-order valence-electron chi connectivity index (χ2n) is 5.65. The number of rotatable bonds is 6. The van der Waals surface area contributed by atoms with Gasteiger partial charge < -0.3 is 14.2 Å². The van der Waals surface area contributed by atoms with Crippen molar-refractivity contribution in [2.75, 3.05) is 21.3 Å². The highest BCUT2D eigenvalue weighted by Crippen LogP contribution is 2.40. The van der Waals surface area contributed by atoms with Crippen LogP contribution in [0.2, 0.25) is 0 Å². The van der Waals surface area contributed by atoms with Crippen molar-refractivity contribution in [2.45, 2.75) is 0 Å². The summed E-state index contributed by atoms with van der Waals surface area (Å²) in [5.41, 5.74) is 3.54. The van der Waals surface area contributed by atoms with Crippen LogP contribution in [0.1, 0.15) is 15.9 Å². The zero-order valence-electron chi connectivity index (χ0n) is 15.8. The molecule has 1 aromatic heterocycles. The highest BCUT2D eigenvalue weighted by molar-refractivity contribution is 8.26. The summed E-state index contributed by atoms with van der Waals surface area (Å²) in [6.07, 6.45) is 4.62. The average molecular weight is 431 g/mol. The molecule has 8 nitrogen and oxygen atoms in total. The van der Waals surface area contributed by atoms with Crippen LogP contribution >= 0.6 is 24.0 Å². The summed E-state index contributed by atoms with van der Waals surface area (Å²) in [5.74, 6) is 0.470. The lowest BCUT2D eigenvalue weighted by atomic mass is 10.1. The summed E-state index contributed by atoms with van der Waals surface area (Å²) >= 11 is 6.33. The van der Waals surface area contributed by atoms with Gasteiger partial charge in [0.1, 0.15) is 0 Å². The number of aromatic nitrogens is 1. The van der Waals surface area contributed by atoms with Gasteiger partial charge in [-0.05, 0) is 48.1 Å². The number of thioether (sulfide) groups is 1. The number of nitrogens with zero attached hydrogens (tertiary/aromatic N) is 2. The Labute approximate surface area is 176 Å². The molecule has 0 saturated carbocycles. The average Bonchev–Trinajstić information content (AvgIpc) is 3.00. The summed E-state index contributed by atoms with van der Waals surface area (Å²) in [6, 6.07) is 6.50. The smallest absolute Gasteiger partial charge is 0.285 e. The van der Waals surface area contributed by atoms with Crippen molar-refractivity contribution in [2.24, 2.45) is 0 Å². The summed E-state index contributed by atoms with van der Waals surface area (Å²) in [5, 5.41) is 1.05. The van der Waals surface area contributed by atoms with Crippen molar-refractivity contribution in [3.8, 4) is 17.2 Å². The quantitative estimate of drug-likeness (QED) is 0.552. The molecule has 1 fully saturated rings. The largest absolute Gasteiger partial charge is 0.493 e. The molecule has 1 saturated heterocycles. The molecule has 29 heavy (non-hydrogen) atoms. The van der Waals surface area contributed by atoms with Crippen LogP contribution in [-0.4, -0.2) is 47.5 Å². The number of hydrogen-bond acceptors (Lipinski definition) is 8. The van der Waals surface area contributed by atoms with Crippen LogP contribution in [0.15, 0.2) is 41.6 Å². The van der Waals surface area contributed by atoms with Gasteiger partial charge in [-0.1, -0.05) is 11.8 Å². The van der Waals surface area contributed by atoms with Gasteiger partial charge in [0.15, 0.2) is 15.8 Å². The lowest BCUT2D eigenvalue weighted by Crippen LogP contribution is -2.44. The zero-order chi connectivity index (χ0) is 21.0. The molecule has 1 aliphatic heterocycles. The molecule has 0 spiro atoms. The zero-order valence-corrected chi connectivity index (χ0v) is 17.4. The van der Waals surface area contributed by atoms with Gasteiger partial charge >= 0.3 is 0 Å². The molecule has 2 heterocycles. The third-order valence-electron chi connectivity index (χ3n) is 3.93. The van der Waals surface area contributed by atoms with Crippen LogP contribution in [0.3, 0.4) is 0 Å². The SMILES string of the molecule is COc1cc(C=C2SC(=S)N(NC(=O)c3ccncc3)C2=O)cc(OC)c1OC. The number of benzene rings is 1. The Kier molecular flexibility index (Phi) is 6.35. The molecule has 1 aliphatic rings. The fourth-order valence-corrected chi connectivity index (χ4v) is 3.75. The molecular formula is C19H17N3O5S2. The topological polar surface area (TPSA) is 90.0 Å². The second kappa shape index (κ2) is 8.93. The van der Waals surface area contributed by atoms with E-state index in [2.05, 4.69) is 10.4 Å². The van der Waals surface area contributed by atoms with E-state index in [1.165, 1.54) is 33.7 Å². The summed E-state index contributed by atoms with van der Waals surface area (Å²) in [7, 11) is 4.53. The fraction of sp³-hybridized carbons (Fsp3) is 0.158. The predicted molar refractivity (Wildman–Crippen MR) is 113 cm³/mol. The second-order valence-corrected chi connectivity index (χ2v) is 7.33. The minimum Gasteiger partial charge on any atom is -0.493 e. The van der Waals surface area contributed by atoms with E-state index in [-0.39, 0.29) is 4.32 Å². The van der Waals surface area contributed by atoms with Gasteiger partial charge in [-0.15, -0.1) is 0 Å². The number of methoxy groups -OCH3 is 3. The molecule has 10 heteroatoms. The standard InChI is InChI=1S/C19H17N3O5S2/c1-25-13-8-11(9-14(26-2)16(13)27-3)10-15-18(24)22(19(28)29-15)21-17(23)12-4-6-20-7-5-12/h4-10H,1-3H3,(H,21,23). The number of hydrazine groups is 1. The van der Waals surface area contributed by atoms with E-state index in [1.54, 1.807) is 30.3 Å². The molecule has 3 rings (SSSR count). The molecule has 2 amide bonds. The summed E-state index contributed by atoms with van der Waals surface area (Å²) in [4.78, 5) is 29.3. The number of carbonyl (C=O) groups excluding carboxylic acids is 2. The first kappa shape index (κ1) is 20.6. The van der Waals surface area contributed by atoms with E-state index in [4.69, 9.17) is 26.4 Å². The highest BCUT2D eigenvalue weighted by Gasteiger charge is 2.34. The number of carbonyl (C=O) groups is 2. The normalized spacial score (nSPS) is 14.9. The van der Waals surface area contributed by atoms with E-state index < -0.39 is 11.8 Å². The van der Waals surface area contributed by atoms with Gasteiger partial charge in [-0.3, -0.25) is 20.0 Å². The number of thiocarbonyl (C=S) groups is 1. The van der Waals surface area contributed by atoms with Gasteiger partial charge in [-0.25, -0.2) is 0 Å². The molecule has 0 atom stereocenters. The van der Waals surface area contributed by atoms with Crippen molar-refractivity contribution >= 4 is 46.2 Å². The molecule has 0 bridgehead atoms. The number of nitrogens with one attached hydrogen (secondary N) is 1. The summed E-state index contributed by atoms with van der Waals surface area (Å²) in [6.45, 7) is 0. The van der Waals surface area contributed by atoms with Crippen molar-refractivity contribution in [1.29, 1.82) is 0 Å². The minimum absolute atomic E-state index is 0.219. The van der Waals surface area contributed by atoms with Gasteiger partial charge in [0.05, 0.1) is 26.2 Å². The Balaban J connectivity index is 1.85. The Morgan fingerprint density at radius 1 is 1.14 bits per heavy atom. The first-order valence-electron chi connectivity index (χ1n) is 8.27. The first-order chi connectivity index (χ1) is 14.0. The molecule has 2 aromatic rings. The third kappa shape index (κ3) is 4.33. The van der Waals surface area contributed by atoms with Crippen LogP contribution in [0.5, 0.6) is 17.2 Å². The van der Waals surface area contributed by atoms with E-state index in [9.17, 15) is 9.59 Å². The maximum atomic E-state index is 12.8. The van der Waals surface area contributed by atoms with Gasteiger partial charge in [0, 0.05) is 18.0 Å². The monoisotopic (exact) mass is 431 g/mol. The Morgan fingerprint density at radius 2 is 1.76 bits per heavy atom. The van der Waals surface area contributed by atoms with Crippen LogP contribution in [0, 0.1) is 0 Å². The molecule has 0 aliphatic carbocycles. The molecular weight excluding hydrogens is 414 g/mol. The van der Waals surface area contributed by atoms with Crippen molar-refractivity contribution in [3.05, 3.63) is 52.7 Å². The predicted octanol–water partition coefficient (Wildman–Crippen LogP) is 2.65. The Morgan fingerprint density at radius 3 is 2.31 bits per heavy atom. The van der Waals surface area contributed by atoms with Gasteiger partial charge in [-0.2, -0.15) is 5.01 Å². The number of amides is 2. The molecule has 1 aromatic carbocycles.